The van der Waals surface area contributed by atoms with Gasteiger partial charge in [-0.25, -0.2) is 0 Å². The van der Waals surface area contributed by atoms with E-state index in [9.17, 15) is 4.79 Å². The lowest BCUT2D eigenvalue weighted by Crippen LogP contribution is -2.42. The van der Waals surface area contributed by atoms with Gasteiger partial charge in [-0.1, -0.05) is 0 Å². The fourth-order valence-electron chi connectivity index (χ4n) is 1.63. The number of amides is 1. The lowest BCUT2D eigenvalue weighted by atomic mass is 10.2. The fraction of sp³-hybridized carbons (Fsp3) is 0.900. The first kappa shape index (κ1) is 12.4. The van der Waals surface area contributed by atoms with E-state index in [0.29, 0.717) is 26.3 Å². The first-order valence-corrected chi connectivity index (χ1v) is 5.29. The molecule has 0 bridgehead atoms. The van der Waals surface area contributed by atoms with Crippen LogP contribution >= 0.6 is 0 Å². The van der Waals surface area contributed by atoms with E-state index in [2.05, 4.69) is 0 Å². The minimum absolute atomic E-state index is 0.0256. The van der Waals surface area contributed by atoms with E-state index in [-0.39, 0.29) is 18.6 Å². The molecule has 5 nitrogen and oxygen atoms in total. The van der Waals surface area contributed by atoms with Crippen LogP contribution in [0.3, 0.4) is 0 Å². The Kier molecular flexibility index (Phi) is 5.60. The first-order valence-electron chi connectivity index (χ1n) is 5.29. The lowest BCUT2D eigenvalue weighted by Gasteiger charge is -2.24. The molecule has 0 aliphatic carbocycles. The Labute approximate surface area is 90.0 Å². The number of methoxy groups -OCH3 is 1. The monoisotopic (exact) mass is 217 g/mol. The van der Waals surface area contributed by atoms with Crippen molar-refractivity contribution in [3.63, 3.8) is 0 Å². The summed E-state index contributed by atoms with van der Waals surface area (Å²) in [5, 5.41) is 8.85. The molecule has 1 atom stereocenters. The highest BCUT2D eigenvalue weighted by molar-refractivity contribution is 5.81. The van der Waals surface area contributed by atoms with Crippen molar-refractivity contribution in [3.05, 3.63) is 0 Å². The molecular formula is C10H19NO4. The normalized spacial score (nSPS) is 20.5. The average Bonchev–Trinajstić information content (AvgIpc) is 2.76. The van der Waals surface area contributed by atoms with Crippen molar-refractivity contribution in [2.24, 2.45) is 0 Å². The van der Waals surface area contributed by atoms with Crippen LogP contribution in [0.15, 0.2) is 0 Å². The number of rotatable bonds is 6. The quantitative estimate of drug-likeness (QED) is 0.659. The molecule has 1 fully saturated rings. The standard InChI is InChI=1S/C10H19NO4/c1-14-8-5-11(4-6-12)10(13)9-3-2-7-15-9/h9,12H,2-8H2,1H3/t9-/m0/s1. The first-order chi connectivity index (χ1) is 7.29. The van der Waals surface area contributed by atoms with Gasteiger partial charge in [-0.05, 0) is 12.8 Å². The third kappa shape index (κ3) is 3.77. The predicted molar refractivity (Wildman–Crippen MR) is 54.5 cm³/mol. The maximum atomic E-state index is 11.9. The van der Waals surface area contributed by atoms with Gasteiger partial charge >= 0.3 is 0 Å². The molecule has 88 valence electrons. The van der Waals surface area contributed by atoms with Crippen LogP contribution in [0.25, 0.3) is 0 Å². The summed E-state index contributed by atoms with van der Waals surface area (Å²) in [6, 6.07) is 0. The summed E-state index contributed by atoms with van der Waals surface area (Å²) in [5.74, 6) is -0.0291. The highest BCUT2D eigenvalue weighted by Gasteiger charge is 2.27. The Hall–Kier alpha value is -0.650. The highest BCUT2D eigenvalue weighted by atomic mass is 16.5. The van der Waals surface area contributed by atoms with E-state index in [1.165, 1.54) is 0 Å². The zero-order chi connectivity index (χ0) is 11.1. The number of carbonyl (C=O) groups is 1. The largest absolute Gasteiger partial charge is 0.395 e. The molecule has 1 aliphatic rings. The SMILES string of the molecule is COCCN(CCO)C(=O)[C@@H]1CCCO1. The van der Waals surface area contributed by atoms with Crippen molar-refractivity contribution >= 4 is 5.91 Å². The van der Waals surface area contributed by atoms with Gasteiger partial charge in [-0.15, -0.1) is 0 Å². The van der Waals surface area contributed by atoms with Crippen LogP contribution in [0.4, 0.5) is 0 Å². The molecule has 0 aromatic heterocycles. The number of hydrogen-bond acceptors (Lipinski definition) is 4. The summed E-state index contributed by atoms with van der Waals surface area (Å²) in [6.45, 7) is 1.98. The highest BCUT2D eigenvalue weighted by Crippen LogP contribution is 2.14. The molecule has 1 rings (SSSR count). The molecule has 0 aromatic carbocycles. The van der Waals surface area contributed by atoms with Crippen LogP contribution in [-0.2, 0) is 14.3 Å². The van der Waals surface area contributed by atoms with E-state index in [4.69, 9.17) is 14.6 Å². The van der Waals surface area contributed by atoms with Gasteiger partial charge in [-0.2, -0.15) is 0 Å². The minimum atomic E-state index is -0.312. The fourth-order valence-corrected chi connectivity index (χ4v) is 1.63. The molecular weight excluding hydrogens is 198 g/mol. The van der Waals surface area contributed by atoms with E-state index in [0.717, 1.165) is 12.8 Å². The Morgan fingerprint density at radius 2 is 2.40 bits per heavy atom. The Balaban J connectivity index is 2.41. The number of ether oxygens (including phenoxy) is 2. The maximum absolute atomic E-state index is 11.9. The Morgan fingerprint density at radius 3 is 2.93 bits per heavy atom. The van der Waals surface area contributed by atoms with Crippen molar-refractivity contribution in [2.45, 2.75) is 18.9 Å². The molecule has 1 aliphatic heterocycles. The molecule has 1 N–H and O–H groups in total. The Bertz CT molecular complexity index is 192. The molecule has 1 saturated heterocycles. The second-order valence-corrected chi connectivity index (χ2v) is 3.54. The summed E-state index contributed by atoms with van der Waals surface area (Å²) in [7, 11) is 1.59. The van der Waals surface area contributed by atoms with Crippen molar-refractivity contribution < 1.29 is 19.4 Å². The molecule has 0 unspecified atom stereocenters. The second kappa shape index (κ2) is 6.76. The molecule has 1 heterocycles. The molecule has 0 radical (unpaired) electrons. The molecule has 0 spiro atoms. The lowest BCUT2D eigenvalue weighted by molar-refractivity contribution is -0.142. The zero-order valence-electron chi connectivity index (χ0n) is 9.15. The predicted octanol–water partition coefficient (Wildman–Crippen LogP) is -0.367. The molecule has 0 saturated carbocycles. The van der Waals surface area contributed by atoms with Gasteiger partial charge in [0.25, 0.3) is 5.91 Å². The number of aliphatic hydroxyl groups excluding tert-OH is 1. The third-order valence-corrected chi connectivity index (χ3v) is 2.45. The molecule has 15 heavy (non-hydrogen) atoms. The maximum Gasteiger partial charge on any atom is 0.251 e. The van der Waals surface area contributed by atoms with Crippen molar-refractivity contribution in [1.82, 2.24) is 4.90 Å². The number of aliphatic hydroxyl groups is 1. The van der Waals surface area contributed by atoms with Gasteiger partial charge in [0.1, 0.15) is 6.10 Å². The summed E-state index contributed by atoms with van der Waals surface area (Å²) in [6.07, 6.45) is 1.41. The van der Waals surface area contributed by atoms with Gasteiger partial charge in [0.2, 0.25) is 0 Å². The third-order valence-electron chi connectivity index (χ3n) is 2.45. The number of hydrogen-bond donors (Lipinski definition) is 1. The topological polar surface area (TPSA) is 59.0 Å². The van der Waals surface area contributed by atoms with Crippen LogP contribution in [0, 0.1) is 0 Å². The molecule has 5 heteroatoms. The van der Waals surface area contributed by atoms with E-state index in [1.807, 2.05) is 0 Å². The van der Waals surface area contributed by atoms with Crippen molar-refractivity contribution in [2.75, 3.05) is 40.0 Å². The van der Waals surface area contributed by atoms with E-state index < -0.39 is 0 Å². The molecule has 0 aromatic rings. The molecule has 1 amide bonds. The van der Waals surface area contributed by atoms with E-state index >= 15 is 0 Å². The van der Waals surface area contributed by atoms with Crippen LogP contribution in [0.5, 0.6) is 0 Å². The van der Waals surface area contributed by atoms with Gasteiger partial charge in [0.15, 0.2) is 0 Å². The summed E-state index contributed by atoms with van der Waals surface area (Å²) in [4.78, 5) is 13.5. The van der Waals surface area contributed by atoms with Crippen molar-refractivity contribution in [1.29, 1.82) is 0 Å². The Morgan fingerprint density at radius 1 is 1.60 bits per heavy atom. The second-order valence-electron chi connectivity index (χ2n) is 3.54. The van der Waals surface area contributed by atoms with Gasteiger partial charge in [0, 0.05) is 26.8 Å². The number of carbonyl (C=O) groups excluding carboxylic acids is 1. The van der Waals surface area contributed by atoms with Gasteiger partial charge in [0.05, 0.1) is 13.2 Å². The van der Waals surface area contributed by atoms with Crippen LogP contribution < -0.4 is 0 Å². The minimum Gasteiger partial charge on any atom is -0.395 e. The summed E-state index contributed by atoms with van der Waals surface area (Å²) in [5.41, 5.74) is 0. The zero-order valence-corrected chi connectivity index (χ0v) is 9.15. The van der Waals surface area contributed by atoms with Crippen molar-refractivity contribution in [3.8, 4) is 0 Å². The van der Waals surface area contributed by atoms with Crippen LogP contribution in [-0.4, -0.2) is 62.0 Å². The van der Waals surface area contributed by atoms with E-state index in [1.54, 1.807) is 12.0 Å². The van der Waals surface area contributed by atoms with Crippen LogP contribution in [0.2, 0.25) is 0 Å². The van der Waals surface area contributed by atoms with Gasteiger partial charge < -0.3 is 19.5 Å². The van der Waals surface area contributed by atoms with Crippen LogP contribution in [0.1, 0.15) is 12.8 Å². The summed E-state index contributed by atoms with van der Waals surface area (Å²) >= 11 is 0. The smallest absolute Gasteiger partial charge is 0.251 e. The summed E-state index contributed by atoms with van der Waals surface area (Å²) < 4.78 is 10.2. The van der Waals surface area contributed by atoms with Gasteiger partial charge in [-0.3, -0.25) is 4.79 Å². The number of nitrogens with zero attached hydrogens (tertiary/aromatic N) is 1. The average molecular weight is 217 g/mol.